The summed E-state index contributed by atoms with van der Waals surface area (Å²) < 4.78 is 4.99. The van der Waals surface area contributed by atoms with E-state index in [1.807, 2.05) is 12.1 Å². The zero-order valence-corrected chi connectivity index (χ0v) is 20.2. The van der Waals surface area contributed by atoms with E-state index >= 15 is 0 Å². The minimum absolute atomic E-state index is 0.0342. The van der Waals surface area contributed by atoms with Crippen molar-refractivity contribution in [2.45, 2.75) is 36.6 Å². The molecule has 1 aliphatic rings. The minimum atomic E-state index is -0.368. The van der Waals surface area contributed by atoms with Crippen molar-refractivity contribution in [2.75, 3.05) is 29.9 Å². The monoisotopic (exact) mass is 476 g/mol. The Bertz CT molecular complexity index is 1120. The van der Waals surface area contributed by atoms with E-state index in [-0.39, 0.29) is 17.8 Å². The van der Waals surface area contributed by atoms with Crippen LogP contribution in [0.25, 0.3) is 0 Å². The molecule has 7 nitrogen and oxygen atoms in total. The van der Waals surface area contributed by atoms with Crippen molar-refractivity contribution in [3.05, 3.63) is 71.8 Å². The van der Waals surface area contributed by atoms with Gasteiger partial charge in [0.15, 0.2) is 5.82 Å². The van der Waals surface area contributed by atoms with E-state index in [0.29, 0.717) is 24.4 Å². The van der Waals surface area contributed by atoms with Crippen molar-refractivity contribution in [3.63, 3.8) is 0 Å². The van der Waals surface area contributed by atoms with Crippen molar-refractivity contribution in [1.82, 2.24) is 10.2 Å². The Morgan fingerprint density at radius 3 is 2.50 bits per heavy atom. The Labute approximate surface area is 203 Å². The number of aryl methyl sites for hydroxylation is 1. The van der Waals surface area contributed by atoms with Gasteiger partial charge in [-0.25, -0.2) is 4.79 Å². The third-order valence-corrected chi connectivity index (χ3v) is 6.58. The molecule has 8 heteroatoms. The molecule has 0 radical (unpaired) electrons. The van der Waals surface area contributed by atoms with Crippen LogP contribution in [-0.4, -0.2) is 41.8 Å². The van der Waals surface area contributed by atoms with Gasteiger partial charge in [-0.05, 0) is 75.2 Å². The third-order valence-electron chi connectivity index (χ3n) is 5.65. The largest absolute Gasteiger partial charge is 0.462 e. The number of carbonyl (C=O) groups is 2. The molecule has 0 aliphatic carbocycles. The Morgan fingerprint density at radius 2 is 1.82 bits per heavy atom. The molecule has 1 fully saturated rings. The molecule has 1 aromatic heterocycles. The zero-order valence-electron chi connectivity index (χ0n) is 19.4. The minimum Gasteiger partial charge on any atom is -0.462 e. The first-order chi connectivity index (χ1) is 16.5. The first-order valence-corrected chi connectivity index (χ1v) is 12.2. The fraction of sp³-hybridized carbons (Fsp3) is 0.308. The molecule has 176 valence electrons. The van der Waals surface area contributed by atoms with E-state index in [1.54, 1.807) is 43.0 Å². The Balaban J connectivity index is 1.34. The SMILES string of the molecule is CCOC(=O)c1ccc(NC(=O)C2CCCN(c3ccc(Sc4ccc(C)cc4)nn3)C2)cc1. The van der Waals surface area contributed by atoms with Crippen LogP contribution in [0.4, 0.5) is 11.5 Å². The van der Waals surface area contributed by atoms with Gasteiger partial charge < -0.3 is 15.0 Å². The quantitative estimate of drug-likeness (QED) is 0.482. The number of amides is 1. The number of nitrogens with one attached hydrogen (secondary N) is 1. The fourth-order valence-corrected chi connectivity index (χ4v) is 4.54. The molecule has 0 bridgehead atoms. The summed E-state index contributed by atoms with van der Waals surface area (Å²) in [5.41, 5.74) is 2.35. The zero-order chi connectivity index (χ0) is 23.9. The Hall–Kier alpha value is -3.39. The molecule has 1 N–H and O–H groups in total. The molecule has 0 spiro atoms. The van der Waals surface area contributed by atoms with E-state index in [4.69, 9.17) is 4.74 Å². The molecule has 2 aromatic carbocycles. The second-order valence-electron chi connectivity index (χ2n) is 8.22. The summed E-state index contributed by atoms with van der Waals surface area (Å²) in [7, 11) is 0. The van der Waals surface area contributed by atoms with Gasteiger partial charge >= 0.3 is 5.97 Å². The maximum Gasteiger partial charge on any atom is 0.338 e. The van der Waals surface area contributed by atoms with E-state index in [9.17, 15) is 9.59 Å². The van der Waals surface area contributed by atoms with Gasteiger partial charge in [0.2, 0.25) is 5.91 Å². The van der Waals surface area contributed by atoms with E-state index in [2.05, 4.69) is 51.6 Å². The predicted molar refractivity (Wildman–Crippen MR) is 133 cm³/mol. The van der Waals surface area contributed by atoms with Crippen molar-refractivity contribution in [1.29, 1.82) is 0 Å². The van der Waals surface area contributed by atoms with Crippen molar-refractivity contribution in [3.8, 4) is 0 Å². The molecule has 1 unspecified atom stereocenters. The van der Waals surface area contributed by atoms with Crippen molar-refractivity contribution in [2.24, 2.45) is 5.92 Å². The summed E-state index contributed by atoms with van der Waals surface area (Å²) in [6, 6.07) is 19.0. The number of rotatable bonds is 7. The summed E-state index contributed by atoms with van der Waals surface area (Å²) in [5, 5.41) is 12.6. The molecule has 34 heavy (non-hydrogen) atoms. The van der Waals surface area contributed by atoms with Gasteiger partial charge in [0, 0.05) is 23.7 Å². The first kappa shape index (κ1) is 23.8. The molecule has 1 saturated heterocycles. The van der Waals surface area contributed by atoms with Crippen LogP contribution in [0.1, 0.15) is 35.7 Å². The lowest BCUT2D eigenvalue weighted by Crippen LogP contribution is -2.41. The number of hydrogen-bond donors (Lipinski definition) is 1. The van der Waals surface area contributed by atoms with E-state index in [0.717, 1.165) is 35.1 Å². The number of anilines is 2. The predicted octanol–water partition coefficient (Wildman–Crippen LogP) is 4.97. The van der Waals surface area contributed by atoms with Crippen LogP contribution in [0, 0.1) is 12.8 Å². The van der Waals surface area contributed by atoms with Gasteiger partial charge in [0.25, 0.3) is 0 Å². The highest BCUT2D eigenvalue weighted by Gasteiger charge is 2.27. The summed E-state index contributed by atoms with van der Waals surface area (Å²) >= 11 is 1.58. The molecular formula is C26H28N4O3S. The molecule has 1 amide bonds. The maximum atomic E-state index is 12.9. The lowest BCUT2D eigenvalue weighted by atomic mass is 9.97. The first-order valence-electron chi connectivity index (χ1n) is 11.4. The highest BCUT2D eigenvalue weighted by Crippen LogP contribution is 2.28. The Morgan fingerprint density at radius 1 is 1.06 bits per heavy atom. The normalized spacial score (nSPS) is 15.6. The average molecular weight is 477 g/mol. The Kier molecular flexibility index (Phi) is 7.80. The van der Waals surface area contributed by atoms with Gasteiger partial charge in [0.05, 0.1) is 18.1 Å². The standard InChI is InChI=1S/C26H28N4O3S/c1-3-33-26(32)19-8-10-21(11-9-19)27-25(31)20-5-4-16-30(17-20)23-14-15-24(29-28-23)34-22-12-6-18(2)7-13-22/h6-15,20H,3-5,16-17H2,1-2H3,(H,27,31). The summed E-state index contributed by atoms with van der Waals surface area (Å²) in [6.45, 7) is 5.60. The van der Waals surface area contributed by atoms with Crippen LogP contribution < -0.4 is 10.2 Å². The van der Waals surface area contributed by atoms with Gasteiger partial charge in [-0.1, -0.05) is 29.5 Å². The highest BCUT2D eigenvalue weighted by atomic mass is 32.2. The average Bonchev–Trinajstić information content (AvgIpc) is 2.86. The van der Waals surface area contributed by atoms with Gasteiger partial charge in [0.1, 0.15) is 5.03 Å². The number of aromatic nitrogens is 2. The van der Waals surface area contributed by atoms with Crippen molar-refractivity contribution < 1.29 is 14.3 Å². The highest BCUT2D eigenvalue weighted by molar-refractivity contribution is 7.99. The number of carbonyl (C=O) groups excluding carboxylic acids is 2. The van der Waals surface area contributed by atoms with Crippen LogP contribution in [0.5, 0.6) is 0 Å². The second kappa shape index (κ2) is 11.2. The van der Waals surface area contributed by atoms with Gasteiger partial charge in [-0.3, -0.25) is 4.79 Å². The van der Waals surface area contributed by atoms with Crippen LogP contribution in [0.3, 0.4) is 0 Å². The lowest BCUT2D eigenvalue weighted by Gasteiger charge is -2.32. The number of nitrogens with zero attached hydrogens (tertiary/aromatic N) is 3. The van der Waals surface area contributed by atoms with Crippen LogP contribution >= 0.6 is 11.8 Å². The topological polar surface area (TPSA) is 84.4 Å². The molecule has 1 atom stereocenters. The van der Waals surface area contributed by atoms with Crippen LogP contribution in [0.15, 0.2) is 70.6 Å². The molecule has 1 aliphatic heterocycles. The fourth-order valence-electron chi connectivity index (χ4n) is 3.81. The smallest absolute Gasteiger partial charge is 0.338 e. The second-order valence-corrected chi connectivity index (χ2v) is 9.31. The van der Waals surface area contributed by atoms with E-state index in [1.165, 1.54) is 5.56 Å². The van der Waals surface area contributed by atoms with Crippen LogP contribution in [-0.2, 0) is 9.53 Å². The number of hydrogen-bond acceptors (Lipinski definition) is 7. The number of ether oxygens (including phenoxy) is 1. The van der Waals surface area contributed by atoms with Crippen LogP contribution in [0.2, 0.25) is 0 Å². The van der Waals surface area contributed by atoms with Gasteiger partial charge in [-0.2, -0.15) is 0 Å². The van der Waals surface area contributed by atoms with Gasteiger partial charge in [-0.15, -0.1) is 10.2 Å². The summed E-state index contributed by atoms with van der Waals surface area (Å²) in [4.78, 5) is 27.9. The number of piperidine rings is 1. The van der Waals surface area contributed by atoms with Crippen molar-refractivity contribution >= 4 is 35.1 Å². The molecule has 4 rings (SSSR count). The third kappa shape index (κ3) is 6.14. The number of esters is 1. The molecule has 3 aromatic rings. The lowest BCUT2D eigenvalue weighted by molar-refractivity contribution is -0.120. The molecule has 0 saturated carbocycles. The summed E-state index contributed by atoms with van der Waals surface area (Å²) in [5.74, 6) is 0.229. The summed E-state index contributed by atoms with van der Waals surface area (Å²) in [6.07, 6.45) is 1.72. The molecule has 2 heterocycles. The molecular weight excluding hydrogens is 448 g/mol. The maximum absolute atomic E-state index is 12.9. The van der Waals surface area contributed by atoms with E-state index < -0.39 is 0 Å². The number of benzene rings is 2.